The van der Waals surface area contributed by atoms with Gasteiger partial charge in [0, 0.05) is 12.0 Å². The lowest BCUT2D eigenvalue weighted by atomic mass is 9.72. The van der Waals surface area contributed by atoms with Crippen molar-refractivity contribution in [1.82, 2.24) is 20.3 Å². The largest absolute Gasteiger partial charge is 0.465 e. The summed E-state index contributed by atoms with van der Waals surface area (Å²) in [6, 6.07) is -0.227. The SMILES string of the molecule is CC1(C)OC[C@H]([C@]2(CC(CNC(=O)O)n3nccn3)C=CC=CC2)O1. The number of hydrogen-bond donors (Lipinski definition) is 2. The molecule has 2 heterocycles. The summed E-state index contributed by atoms with van der Waals surface area (Å²) >= 11 is 0. The summed E-state index contributed by atoms with van der Waals surface area (Å²) in [6.07, 6.45) is 11.7. The van der Waals surface area contributed by atoms with E-state index >= 15 is 0 Å². The van der Waals surface area contributed by atoms with E-state index in [2.05, 4.69) is 27.7 Å². The smallest absolute Gasteiger partial charge is 0.404 e. The van der Waals surface area contributed by atoms with Gasteiger partial charge in [-0.05, 0) is 26.7 Å². The summed E-state index contributed by atoms with van der Waals surface area (Å²) in [5.74, 6) is -0.620. The Morgan fingerprint density at radius 3 is 2.72 bits per heavy atom. The number of aromatic nitrogens is 3. The Morgan fingerprint density at radius 1 is 1.40 bits per heavy atom. The topological polar surface area (TPSA) is 98.5 Å². The lowest BCUT2D eigenvalue weighted by molar-refractivity contribution is -0.151. The highest BCUT2D eigenvalue weighted by Gasteiger charge is 2.47. The Kier molecular flexibility index (Phi) is 4.91. The maximum atomic E-state index is 11.0. The Bertz CT molecular complexity index is 656. The summed E-state index contributed by atoms with van der Waals surface area (Å²) in [6.45, 7) is 4.53. The first-order valence-corrected chi connectivity index (χ1v) is 8.39. The quantitative estimate of drug-likeness (QED) is 0.817. The molecular formula is C17H24N4O4. The molecule has 0 aromatic carbocycles. The number of rotatable bonds is 6. The van der Waals surface area contributed by atoms with Crippen molar-refractivity contribution in [2.45, 2.75) is 44.6 Å². The molecule has 1 fully saturated rings. The third-order valence-electron chi connectivity index (χ3n) is 4.69. The zero-order valence-electron chi connectivity index (χ0n) is 14.5. The highest BCUT2D eigenvalue weighted by molar-refractivity contribution is 5.64. The van der Waals surface area contributed by atoms with E-state index in [9.17, 15) is 4.79 Å². The van der Waals surface area contributed by atoms with Gasteiger partial charge in [0.05, 0.1) is 31.1 Å². The van der Waals surface area contributed by atoms with Gasteiger partial charge in [0.2, 0.25) is 0 Å². The molecule has 25 heavy (non-hydrogen) atoms. The van der Waals surface area contributed by atoms with Crippen LogP contribution in [-0.4, -0.2) is 51.2 Å². The molecule has 2 N–H and O–H groups in total. The van der Waals surface area contributed by atoms with Crippen LogP contribution in [0.25, 0.3) is 0 Å². The third kappa shape index (κ3) is 4.08. The number of carboxylic acid groups (broad SMARTS) is 1. The van der Waals surface area contributed by atoms with Crippen LogP contribution in [0.1, 0.15) is 32.7 Å². The van der Waals surface area contributed by atoms with Crippen LogP contribution in [0.3, 0.4) is 0 Å². The maximum absolute atomic E-state index is 11.0. The predicted molar refractivity (Wildman–Crippen MR) is 89.9 cm³/mol. The molecule has 1 saturated heterocycles. The first-order chi connectivity index (χ1) is 11.9. The van der Waals surface area contributed by atoms with E-state index in [1.807, 2.05) is 26.0 Å². The number of nitrogens with one attached hydrogen (secondary N) is 1. The molecule has 8 heteroatoms. The molecule has 0 bridgehead atoms. The molecule has 3 atom stereocenters. The van der Waals surface area contributed by atoms with Gasteiger partial charge in [-0.25, -0.2) is 4.79 Å². The van der Waals surface area contributed by atoms with E-state index in [1.54, 1.807) is 17.2 Å². The van der Waals surface area contributed by atoms with Crippen LogP contribution in [0, 0.1) is 5.41 Å². The number of ether oxygens (including phenoxy) is 2. The number of amides is 1. The Hall–Kier alpha value is -2.19. The fourth-order valence-corrected chi connectivity index (χ4v) is 3.47. The Labute approximate surface area is 146 Å². The molecule has 1 aromatic heterocycles. The molecule has 1 amide bonds. The molecular weight excluding hydrogens is 324 g/mol. The molecule has 3 rings (SSSR count). The molecule has 1 aromatic rings. The molecule has 1 aliphatic heterocycles. The summed E-state index contributed by atoms with van der Waals surface area (Å²) in [5, 5.41) is 19.8. The number of allylic oxidation sites excluding steroid dienone is 3. The van der Waals surface area contributed by atoms with Gasteiger partial charge in [0.25, 0.3) is 0 Å². The molecule has 8 nitrogen and oxygen atoms in total. The van der Waals surface area contributed by atoms with Gasteiger partial charge in [0.1, 0.15) is 0 Å². The summed E-state index contributed by atoms with van der Waals surface area (Å²) in [4.78, 5) is 12.5. The zero-order valence-corrected chi connectivity index (χ0v) is 14.5. The Balaban J connectivity index is 1.83. The van der Waals surface area contributed by atoms with E-state index in [-0.39, 0.29) is 24.1 Å². The second-order valence-electron chi connectivity index (χ2n) is 6.94. The molecule has 2 aliphatic rings. The minimum Gasteiger partial charge on any atom is -0.465 e. The van der Waals surface area contributed by atoms with Crippen LogP contribution in [0.4, 0.5) is 4.79 Å². The molecule has 0 radical (unpaired) electrons. The maximum Gasteiger partial charge on any atom is 0.404 e. The van der Waals surface area contributed by atoms with Gasteiger partial charge in [-0.2, -0.15) is 15.0 Å². The molecule has 136 valence electrons. The summed E-state index contributed by atoms with van der Waals surface area (Å²) in [7, 11) is 0. The van der Waals surface area contributed by atoms with Crippen molar-refractivity contribution in [1.29, 1.82) is 0 Å². The van der Waals surface area contributed by atoms with Gasteiger partial charge < -0.3 is 19.9 Å². The fraction of sp³-hybridized carbons (Fsp3) is 0.588. The standard InChI is InChI=1S/C17H24N4O4/c1-16(2)24-12-14(25-16)17(6-4-3-5-7-17)10-13(11-18-15(22)23)21-19-8-9-20-21/h3-6,8-9,13-14,18H,7,10-12H2,1-2H3,(H,22,23)/t13?,14-,17-/m1/s1. The van der Waals surface area contributed by atoms with Gasteiger partial charge >= 0.3 is 6.09 Å². The zero-order chi connectivity index (χ0) is 17.9. The Morgan fingerprint density at radius 2 is 2.16 bits per heavy atom. The lowest BCUT2D eigenvalue weighted by Gasteiger charge is -2.38. The van der Waals surface area contributed by atoms with Gasteiger partial charge in [-0.1, -0.05) is 24.3 Å². The summed E-state index contributed by atoms with van der Waals surface area (Å²) < 4.78 is 11.9. The number of hydrogen-bond acceptors (Lipinski definition) is 5. The van der Waals surface area contributed by atoms with Gasteiger partial charge in [-0.15, -0.1) is 0 Å². The van der Waals surface area contributed by atoms with Gasteiger partial charge in [0.15, 0.2) is 5.79 Å². The van der Waals surface area contributed by atoms with Crippen LogP contribution in [-0.2, 0) is 9.47 Å². The first-order valence-electron chi connectivity index (χ1n) is 8.39. The van der Waals surface area contributed by atoms with E-state index in [0.29, 0.717) is 13.0 Å². The second kappa shape index (κ2) is 6.97. The van der Waals surface area contributed by atoms with Crippen molar-refractivity contribution in [2.75, 3.05) is 13.2 Å². The van der Waals surface area contributed by atoms with E-state index < -0.39 is 11.9 Å². The average molecular weight is 348 g/mol. The van der Waals surface area contributed by atoms with Crippen LogP contribution in [0.15, 0.2) is 36.7 Å². The predicted octanol–water partition coefficient (Wildman–Crippen LogP) is 2.13. The van der Waals surface area contributed by atoms with Crippen molar-refractivity contribution in [3.8, 4) is 0 Å². The fourth-order valence-electron chi connectivity index (χ4n) is 3.47. The van der Waals surface area contributed by atoms with E-state index in [0.717, 1.165) is 6.42 Å². The molecule has 1 aliphatic carbocycles. The number of nitrogens with zero attached hydrogens (tertiary/aromatic N) is 3. The summed E-state index contributed by atoms with van der Waals surface area (Å²) in [5.41, 5.74) is -0.305. The average Bonchev–Trinajstić information content (AvgIpc) is 3.22. The highest BCUT2D eigenvalue weighted by Crippen LogP contribution is 2.44. The normalized spacial score (nSPS) is 28.8. The molecule has 0 saturated carbocycles. The molecule has 1 unspecified atom stereocenters. The molecule has 0 spiro atoms. The van der Waals surface area contributed by atoms with Crippen molar-refractivity contribution in [3.05, 3.63) is 36.7 Å². The highest BCUT2D eigenvalue weighted by atomic mass is 16.7. The minimum absolute atomic E-state index is 0.119. The van der Waals surface area contributed by atoms with Crippen LogP contribution >= 0.6 is 0 Å². The monoisotopic (exact) mass is 348 g/mol. The van der Waals surface area contributed by atoms with Crippen LogP contribution in [0.5, 0.6) is 0 Å². The first kappa shape index (κ1) is 17.6. The van der Waals surface area contributed by atoms with Gasteiger partial charge in [-0.3, -0.25) is 0 Å². The van der Waals surface area contributed by atoms with Crippen LogP contribution < -0.4 is 5.32 Å². The van der Waals surface area contributed by atoms with E-state index in [4.69, 9.17) is 14.6 Å². The van der Waals surface area contributed by atoms with Crippen LogP contribution in [0.2, 0.25) is 0 Å². The number of carbonyl (C=O) groups is 1. The van der Waals surface area contributed by atoms with Crippen molar-refractivity contribution < 1.29 is 19.4 Å². The second-order valence-corrected chi connectivity index (χ2v) is 6.94. The third-order valence-corrected chi connectivity index (χ3v) is 4.69. The lowest BCUT2D eigenvalue weighted by Crippen LogP contribution is -2.41. The van der Waals surface area contributed by atoms with E-state index in [1.165, 1.54) is 0 Å². The van der Waals surface area contributed by atoms with Crippen molar-refractivity contribution in [3.63, 3.8) is 0 Å². The minimum atomic E-state index is -1.06. The van der Waals surface area contributed by atoms with Crippen molar-refractivity contribution >= 4 is 6.09 Å². The van der Waals surface area contributed by atoms with Crippen molar-refractivity contribution in [2.24, 2.45) is 5.41 Å².